The van der Waals surface area contributed by atoms with Crippen LogP contribution in [0.25, 0.3) is 0 Å². The predicted octanol–water partition coefficient (Wildman–Crippen LogP) is 3.78. The molecule has 0 saturated carbocycles. The van der Waals surface area contributed by atoms with E-state index >= 15 is 0 Å². The molecule has 1 aliphatic carbocycles. The van der Waals surface area contributed by atoms with E-state index in [0.717, 1.165) is 12.0 Å². The molecule has 2 unspecified atom stereocenters. The van der Waals surface area contributed by atoms with Crippen LogP contribution in [-0.4, -0.2) is 15.9 Å². The molecule has 0 fully saturated rings. The Morgan fingerprint density at radius 1 is 1.58 bits per heavy atom. The lowest BCUT2D eigenvalue weighted by Gasteiger charge is -2.08. The first-order valence-corrected chi connectivity index (χ1v) is 7.20. The zero-order valence-electron chi connectivity index (χ0n) is 11.2. The van der Waals surface area contributed by atoms with Gasteiger partial charge < -0.3 is 9.66 Å². The van der Waals surface area contributed by atoms with Gasteiger partial charge in [0.2, 0.25) is 0 Å². The third-order valence-electron chi connectivity index (χ3n) is 2.60. The fourth-order valence-corrected chi connectivity index (χ4v) is 1.89. The Morgan fingerprint density at radius 3 is 2.89 bits per heavy atom. The van der Waals surface area contributed by atoms with Crippen molar-refractivity contribution in [3.8, 4) is 0 Å². The van der Waals surface area contributed by atoms with E-state index < -0.39 is 11.4 Å². The van der Waals surface area contributed by atoms with Gasteiger partial charge in [-0.15, -0.1) is 0 Å². The Hall–Kier alpha value is -1.52. The van der Waals surface area contributed by atoms with Gasteiger partial charge in [0, 0.05) is 0 Å². The van der Waals surface area contributed by atoms with Crippen molar-refractivity contribution in [2.45, 2.75) is 20.3 Å². The molecule has 1 aliphatic rings. The Bertz CT molecular complexity index is 473. The van der Waals surface area contributed by atoms with E-state index in [9.17, 15) is 9.66 Å². The molecule has 0 saturated heterocycles. The smallest absolute Gasteiger partial charge is 0.175 e. The highest BCUT2D eigenvalue weighted by Crippen LogP contribution is 2.15. The summed E-state index contributed by atoms with van der Waals surface area (Å²) in [5.41, 5.74) is 0.958. The first-order chi connectivity index (χ1) is 9.02. The van der Waals surface area contributed by atoms with Crippen molar-refractivity contribution in [3.05, 3.63) is 59.3 Å². The normalized spacial score (nSPS) is 21.9. The topological polar surface area (TPSA) is 55.6 Å². The summed E-state index contributed by atoms with van der Waals surface area (Å²) in [6.45, 7) is 7.51. The maximum Gasteiger partial charge on any atom is 0.175 e. The number of aliphatic hydroxyl groups excluding tert-OH is 1. The largest absolute Gasteiger partial charge is 0.586 e. The third-order valence-corrected chi connectivity index (χ3v) is 3.48. The lowest BCUT2D eigenvalue weighted by atomic mass is 9.99. The molecule has 3 nitrogen and oxygen atoms in total. The molecule has 0 radical (unpaired) electrons. The van der Waals surface area contributed by atoms with Crippen LogP contribution in [0.2, 0.25) is 0 Å². The van der Waals surface area contributed by atoms with Crippen LogP contribution < -0.4 is 0 Å². The molecule has 1 rings (SSSR count). The molecule has 0 bridgehead atoms. The molecule has 1 N–H and O–H groups in total. The number of nitrogens with zero attached hydrogens (tertiary/aromatic N) is 1. The highest BCUT2D eigenvalue weighted by atomic mass is 32.2. The van der Waals surface area contributed by atoms with E-state index in [1.807, 2.05) is 6.08 Å². The van der Waals surface area contributed by atoms with Crippen molar-refractivity contribution in [1.29, 1.82) is 0 Å². The van der Waals surface area contributed by atoms with Gasteiger partial charge in [-0.3, -0.25) is 0 Å². The van der Waals surface area contributed by atoms with Gasteiger partial charge in [-0.25, -0.2) is 0 Å². The van der Waals surface area contributed by atoms with Crippen molar-refractivity contribution >= 4 is 17.6 Å². The molecule has 0 heterocycles. The summed E-state index contributed by atoms with van der Waals surface area (Å²) in [6, 6.07) is 0. The highest BCUT2D eigenvalue weighted by molar-refractivity contribution is 7.94. The first-order valence-electron chi connectivity index (χ1n) is 6.09. The summed E-state index contributed by atoms with van der Waals surface area (Å²) in [4.78, 5) is 0.346. The highest BCUT2D eigenvalue weighted by Gasteiger charge is 2.08. The maximum atomic E-state index is 11.8. The summed E-state index contributed by atoms with van der Waals surface area (Å²) in [5.74, 6) is 0.651. The number of allylic oxidation sites excluding steroid dienone is 7. The van der Waals surface area contributed by atoms with Crippen molar-refractivity contribution < 1.29 is 9.66 Å². The number of hydrogen-bond donors (Lipinski definition) is 1. The maximum absolute atomic E-state index is 11.8. The standard InChI is InChI=1S/C15H19NO2S/c1-4-15(17)10-7-13(3)19(18)16-11-14-8-5-12(2)6-9-14/h4-5,7-12,17H,3,6H2,1-2H3/b10-7-,15-4+,16-11+. The second-order valence-electron chi connectivity index (χ2n) is 4.27. The molecule has 4 heteroatoms. The number of rotatable bonds is 5. The van der Waals surface area contributed by atoms with Gasteiger partial charge >= 0.3 is 0 Å². The van der Waals surface area contributed by atoms with Crippen LogP contribution in [0.1, 0.15) is 20.3 Å². The first kappa shape index (κ1) is 15.5. The number of hydrogen-bond acceptors (Lipinski definition) is 3. The zero-order chi connectivity index (χ0) is 14.3. The Balaban J connectivity index is 2.55. The minimum absolute atomic E-state index is 0.106. The van der Waals surface area contributed by atoms with Gasteiger partial charge in [-0.1, -0.05) is 29.5 Å². The summed E-state index contributed by atoms with van der Waals surface area (Å²) in [6.07, 6.45) is 13.2. The second kappa shape index (κ2) is 7.81. The van der Waals surface area contributed by atoms with Gasteiger partial charge in [0.15, 0.2) is 4.91 Å². The van der Waals surface area contributed by atoms with E-state index in [1.54, 1.807) is 13.1 Å². The van der Waals surface area contributed by atoms with E-state index in [2.05, 4.69) is 30.1 Å². The molecule has 19 heavy (non-hydrogen) atoms. The SMILES string of the molecule is C=C(/C=C\C(O)=C/C)[S+]([O-])/N=C/C1=CCC(C)C=C1. The van der Waals surface area contributed by atoms with E-state index in [1.165, 1.54) is 18.2 Å². The fraction of sp³-hybridized carbons (Fsp3) is 0.267. The Morgan fingerprint density at radius 2 is 2.32 bits per heavy atom. The molecule has 0 aromatic rings. The fourth-order valence-electron chi connectivity index (χ4n) is 1.35. The van der Waals surface area contributed by atoms with E-state index in [4.69, 9.17) is 0 Å². The van der Waals surface area contributed by atoms with Crippen LogP contribution in [0, 0.1) is 5.92 Å². The van der Waals surface area contributed by atoms with E-state index in [-0.39, 0.29) is 5.76 Å². The van der Waals surface area contributed by atoms with Gasteiger partial charge in [0.1, 0.15) is 17.1 Å². The minimum atomic E-state index is -1.52. The van der Waals surface area contributed by atoms with Crippen molar-refractivity contribution in [2.75, 3.05) is 0 Å². The van der Waals surface area contributed by atoms with Gasteiger partial charge in [0.25, 0.3) is 0 Å². The molecular weight excluding hydrogens is 258 g/mol. The lowest BCUT2D eigenvalue weighted by molar-refractivity contribution is 0.431. The molecule has 0 spiro atoms. The van der Waals surface area contributed by atoms with Crippen LogP contribution in [-0.2, 0) is 11.4 Å². The van der Waals surface area contributed by atoms with Crippen LogP contribution in [0.3, 0.4) is 0 Å². The monoisotopic (exact) mass is 277 g/mol. The van der Waals surface area contributed by atoms with Gasteiger partial charge in [0.05, 0.1) is 6.21 Å². The van der Waals surface area contributed by atoms with Crippen molar-refractivity contribution in [3.63, 3.8) is 0 Å². The Kier molecular flexibility index (Phi) is 6.39. The van der Waals surface area contributed by atoms with Crippen LogP contribution in [0.4, 0.5) is 0 Å². The van der Waals surface area contributed by atoms with Gasteiger partial charge in [-0.2, -0.15) is 0 Å². The predicted molar refractivity (Wildman–Crippen MR) is 82.3 cm³/mol. The van der Waals surface area contributed by atoms with Crippen molar-refractivity contribution in [1.82, 2.24) is 0 Å². The zero-order valence-corrected chi connectivity index (χ0v) is 12.1. The Labute approximate surface area is 117 Å². The lowest BCUT2D eigenvalue weighted by Crippen LogP contribution is -2.00. The molecule has 2 atom stereocenters. The van der Waals surface area contributed by atoms with Crippen LogP contribution in [0.5, 0.6) is 0 Å². The van der Waals surface area contributed by atoms with Crippen LogP contribution in [0.15, 0.2) is 63.7 Å². The molecule has 0 amide bonds. The minimum Gasteiger partial charge on any atom is -0.586 e. The third kappa shape index (κ3) is 5.77. The second-order valence-corrected chi connectivity index (χ2v) is 5.51. The number of aliphatic hydroxyl groups is 1. The quantitative estimate of drug-likeness (QED) is 0.360. The molecular formula is C15H19NO2S. The molecule has 0 aromatic carbocycles. The molecule has 0 aliphatic heterocycles. The summed E-state index contributed by atoms with van der Waals surface area (Å²) < 4.78 is 15.7. The van der Waals surface area contributed by atoms with Crippen molar-refractivity contribution in [2.24, 2.45) is 10.3 Å². The summed E-state index contributed by atoms with van der Waals surface area (Å²) in [5, 5.41) is 9.22. The summed E-state index contributed by atoms with van der Waals surface area (Å²) >= 11 is -1.52. The average Bonchev–Trinajstić information content (AvgIpc) is 2.43. The average molecular weight is 277 g/mol. The van der Waals surface area contributed by atoms with Gasteiger partial charge in [-0.05, 0) is 49.6 Å². The molecule has 102 valence electrons. The molecule has 0 aromatic heterocycles. The van der Waals surface area contributed by atoms with Crippen LogP contribution >= 0.6 is 0 Å². The summed E-state index contributed by atoms with van der Waals surface area (Å²) in [7, 11) is 0. The van der Waals surface area contributed by atoms with E-state index in [0.29, 0.717) is 10.8 Å².